The molecule has 10 heteroatoms. The molecule has 2 fully saturated rings. The van der Waals surface area contributed by atoms with E-state index in [9.17, 15) is 22.8 Å². The summed E-state index contributed by atoms with van der Waals surface area (Å²) in [6.07, 6.45) is 0.0341. The molecule has 0 saturated carbocycles. The molecule has 5 nitrogen and oxygen atoms in total. The number of hydrogen-bond acceptors (Lipinski definition) is 4. The summed E-state index contributed by atoms with van der Waals surface area (Å²) >= 11 is 7.34. The molecule has 4 heterocycles. The highest BCUT2D eigenvalue weighted by molar-refractivity contribution is 7.18. The van der Waals surface area contributed by atoms with Gasteiger partial charge in [-0.2, -0.15) is 0 Å². The van der Waals surface area contributed by atoms with Crippen molar-refractivity contribution in [3.8, 4) is 11.1 Å². The van der Waals surface area contributed by atoms with Crippen LogP contribution in [0, 0.1) is 5.82 Å². The van der Waals surface area contributed by atoms with Crippen LogP contribution in [-0.2, 0) is 17.9 Å². The van der Waals surface area contributed by atoms with Crippen molar-refractivity contribution >= 4 is 38.9 Å². The van der Waals surface area contributed by atoms with Crippen molar-refractivity contribution < 1.29 is 18.0 Å². The van der Waals surface area contributed by atoms with Crippen LogP contribution < -0.4 is 5.56 Å². The number of benzene rings is 1. The maximum Gasteiger partial charge on any atom is 0.260 e. The average Bonchev–Trinajstić information content (AvgIpc) is 3.39. The summed E-state index contributed by atoms with van der Waals surface area (Å²) in [7, 11) is 0. The second-order valence-electron chi connectivity index (χ2n) is 8.59. The van der Waals surface area contributed by atoms with Gasteiger partial charge in [0.25, 0.3) is 5.56 Å². The molecular weight excluding hydrogens is 475 g/mol. The lowest BCUT2D eigenvalue weighted by Crippen LogP contribution is -2.47. The third kappa shape index (κ3) is 4.29. The van der Waals surface area contributed by atoms with E-state index in [0.717, 1.165) is 10.3 Å². The highest BCUT2D eigenvalue weighted by atomic mass is 35.5. The second kappa shape index (κ2) is 8.77. The van der Waals surface area contributed by atoms with E-state index in [-0.39, 0.29) is 29.6 Å². The lowest BCUT2D eigenvalue weighted by atomic mass is 10.0. The van der Waals surface area contributed by atoms with E-state index < -0.39 is 18.2 Å². The van der Waals surface area contributed by atoms with Gasteiger partial charge in [-0.1, -0.05) is 17.7 Å². The maximum atomic E-state index is 13.7. The predicted molar refractivity (Wildman–Crippen MR) is 123 cm³/mol. The molecule has 1 amide bonds. The highest BCUT2D eigenvalue weighted by Gasteiger charge is 2.29. The number of alkyl halides is 2. The van der Waals surface area contributed by atoms with Crippen molar-refractivity contribution in [2.45, 2.75) is 31.9 Å². The van der Waals surface area contributed by atoms with Crippen LogP contribution in [0.1, 0.15) is 12.0 Å². The van der Waals surface area contributed by atoms with Crippen LogP contribution in [0.3, 0.4) is 0 Å². The zero-order valence-corrected chi connectivity index (χ0v) is 19.1. The van der Waals surface area contributed by atoms with Gasteiger partial charge in [-0.25, -0.2) is 13.2 Å². The van der Waals surface area contributed by atoms with Gasteiger partial charge in [0.1, 0.15) is 24.7 Å². The number of rotatable bonds is 5. The van der Waals surface area contributed by atoms with Gasteiger partial charge < -0.3 is 9.47 Å². The Labute approximate surface area is 197 Å². The van der Waals surface area contributed by atoms with Gasteiger partial charge in [0.05, 0.1) is 17.0 Å². The third-order valence-corrected chi connectivity index (χ3v) is 7.54. The van der Waals surface area contributed by atoms with Crippen LogP contribution >= 0.6 is 22.9 Å². The first-order valence-corrected chi connectivity index (χ1v) is 11.9. The van der Waals surface area contributed by atoms with Gasteiger partial charge in [-0.3, -0.25) is 14.5 Å². The Morgan fingerprint density at radius 3 is 2.64 bits per heavy atom. The first kappa shape index (κ1) is 22.4. The zero-order chi connectivity index (χ0) is 23.3. The molecule has 0 radical (unpaired) electrons. The number of fused-ring (bicyclic) bond motifs is 1. The number of likely N-dealkylation sites (tertiary alicyclic amines) is 2. The van der Waals surface area contributed by atoms with Crippen molar-refractivity contribution in [3.05, 3.63) is 56.5 Å². The number of aromatic nitrogens is 1. The fraction of sp³-hybridized carbons (Fsp3) is 0.391. The molecule has 0 aliphatic carbocycles. The number of pyridine rings is 1. The highest BCUT2D eigenvalue weighted by Crippen LogP contribution is 2.36. The van der Waals surface area contributed by atoms with E-state index >= 15 is 0 Å². The van der Waals surface area contributed by atoms with Crippen LogP contribution in [-0.4, -0.2) is 58.8 Å². The summed E-state index contributed by atoms with van der Waals surface area (Å²) in [6.45, 7) is 1.22. The molecule has 2 aliphatic heterocycles. The Morgan fingerprint density at radius 1 is 1.18 bits per heavy atom. The monoisotopic (exact) mass is 495 g/mol. The summed E-state index contributed by atoms with van der Waals surface area (Å²) < 4.78 is 42.7. The van der Waals surface area contributed by atoms with E-state index in [2.05, 4.69) is 0 Å². The minimum absolute atomic E-state index is 0.0339. The number of carbonyl (C=O) groups excluding carboxylic acids is 1. The van der Waals surface area contributed by atoms with Crippen molar-refractivity contribution in [3.63, 3.8) is 0 Å². The number of amides is 1. The molecule has 0 bridgehead atoms. The quantitative estimate of drug-likeness (QED) is 0.532. The molecule has 1 aromatic carbocycles. The van der Waals surface area contributed by atoms with Crippen molar-refractivity contribution in [1.29, 1.82) is 0 Å². The van der Waals surface area contributed by atoms with Crippen LogP contribution in [0.25, 0.3) is 21.2 Å². The van der Waals surface area contributed by atoms with E-state index in [4.69, 9.17) is 11.6 Å². The smallest absolute Gasteiger partial charge is 0.260 e. The molecule has 174 valence electrons. The topological polar surface area (TPSA) is 45.6 Å². The SMILES string of the molecule is O=C(Cn1cc(CN2CC(F)C2)c2scc(-c3ccc(F)c(Cl)c3)c2c1=O)N1CCC(F)C1. The molecule has 1 atom stereocenters. The van der Waals surface area contributed by atoms with E-state index in [0.29, 0.717) is 49.1 Å². The maximum absolute atomic E-state index is 13.7. The van der Waals surface area contributed by atoms with Crippen molar-refractivity contribution in [1.82, 2.24) is 14.4 Å². The standard InChI is InChI=1S/C23H21ClF3N3O2S/c24-18-5-13(1-2-19(18)27)17-12-33-22-14(6-28-8-16(26)9-28)7-30(23(32)21(17)22)11-20(31)29-4-3-15(25)10-29/h1-2,5,7,12,15-16H,3-4,6,8-11H2. The number of nitrogens with zero attached hydrogens (tertiary/aromatic N) is 3. The zero-order valence-electron chi connectivity index (χ0n) is 17.6. The van der Waals surface area contributed by atoms with Gasteiger partial charge in [-0.05, 0) is 24.1 Å². The minimum Gasteiger partial charge on any atom is -0.338 e. The Bertz CT molecular complexity index is 1290. The summed E-state index contributed by atoms with van der Waals surface area (Å²) in [5.74, 6) is -0.879. The molecule has 33 heavy (non-hydrogen) atoms. The van der Waals surface area contributed by atoms with Crippen LogP contribution in [0.5, 0.6) is 0 Å². The molecule has 2 aromatic heterocycles. The second-order valence-corrected chi connectivity index (χ2v) is 9.87. The molecule has 0 spiro atoms. The summed E-state index contributed by atoms with van der Waals surface area (Å²) in [5, 5.41) is 2.17. The van der Waals surface area contributed by atoms with E-state index in [1.165, 1.54) is 32.9 Å². The van der Waals surface area contributed by atoms with Crippen LogP contribution in [0.15, 0.2) is 34.6 Å². The third-order valence-electron chi connectivity index (χ3n) is 6.20. The average molecular weight is 496 g/mol. The number of hydrogen-bond donors (Lipinski definition) is 0. The minimum atomic E-state index is -1.05. The largest absolute Gasteiger partial charge is 0.338 e. The Hall–Kier alpha value is -2.36. The van der Waals surface area contributed by atoms with E-state index in [1.807, 2.05) is 10.3 Å². The van der Waals surface area contributed by atoms with Gasteiger partial charge in [-0.15, -0.1) is 11.3 Å². The first-order chi connectivity index (χ1) is 15.8. The lowest BCUT2D eigenvalue weighted by Gasteiger charge is -2.34. The fourth-order valence-electron chi connectivity index (χ4n) is 4.43. The normalized spacial score (nSPS) is 19.4. The molecule has 2 aliphatic rings. The summed E-state index contributed by atoms with van der Waals surface area (Å²) in [5.41, 5.74) is 1.63. The van der Waals surface area contributed by atoms with E-state index in [1.54, 1.807) is 12.3 Å². The van der Waals surface area contributed by atoms with Gasteiger partial charge in [0.15, 0.2) is 0 Å². The first-order valence-electron chi connectivity index (χ1n) is 10.7. The molecule has 1 unspecified atom stereocenters. The Balaban J connectivity index is 1.58. The van der Waals surface area contributed by atoms with Gasteiger partial charge >= 0.3 is 0 Å². The predicted octanol–water partition coefficient (Wildman–Crippen LogP) is 4.25. The number of halogens is 4. The lowest BCUT2D eigenvalue weighted by molar-refractivity contribution is -0.131. The molecule has 2 saturated heterocycles. The Morgan fingerprint density at radius 2 is 1.97 bits per heavy atom. The van der Waals surface area contributed by atoms with Crippen molar-refractivity contribution in [2.24, 2.45) is 0 Å². The number of thiophene rings is 1. The van der Waals surface area contributed by atoms with Gasteiger partial charge in [0, 0.05) is 53.6 Å². The summed E-state index contributed by atoms with van der Waals surface area (Å²) in [4.78, 5) is 29.6. The molecule has 5 rings (SSSR count). The summed E-state index contributed by atoms with van der Waals surface area (Å²) in [6, 6.07) is 4.27. The fourth-order valence-corrected chi connectivity index (χ4v) is 5.68. The molecular formula is C23H21ClF3N3O2S. The number of carbonyl (C=O) groups is 1. The van der Waals surface area contributed by atoms with Crippen molar-refractivity contribution in [2.75, 3.05) is 26.2 Å². The van der Waals surface area contributed by atoms with Gasteiger partial charge in [0.2, 0.25) is 5.91 Å². The molecule has 0 N–H and O–H groups in total. The Kier molecular flexibility index (Phi) is 5.96. The molecule has 3 aromatic rings. The van der Waals surface area contributed by atoms with Crippen LogP contribution in [0.4, 0.5) is 13.2 Å². The van der Waals surface area contributed by atoms with Crippen LogP contribution in [0.2, 0.25) is 5.02 Å².